The third-order valence-corrected chi connectivity index (χ3v) is 2.87. The van der Waals surface area contributed by atoms with E-state index in [1.807, 2.05) is 0 Å². The Kier molecular flexibility index (Phi) is 5.68. The van der Waals surface area contributed by atoms with Crippen LogP contribution in [-0.2, 0) is 9.47 Å². The van der Waals surface area contributed by atoms with Crippen LogP contribution >= 0.6 is 0 Å². The molecule has 0 aromatic heterocycles. The summed E-state index contributed by atoms with van der Waals surface area (Å²) < 4.78 is 26.8. The van der Waals surface area contributed by atoms with Gasteiger partial charge in [-0.25, -0.2) is 4.79 Å². The SMILES string of the molecule is CCOC(=O)c1cc(OCCCOC)c2c(c1)OCCO2. The molecule has 0 radical (unpaired) electrons. The molecule has 6 nitrogen and oxygen atoms in total. The summed E-state index contributed by atoms with van der Waals surface area (Å²) in [5.74, 6) is 1.13. The normalized spacial score (nSPS) is 12.9. The van der Waals surface area contributed by atoms with Crippen molar-refractivity contribution in [3.8, 4) is 17.2 Å². The van der Waals surface area contributed by atoms with E-state index in [-0.39, 0.29) is 0 Å². The van der Waals surface area contributed by atoms with Gasteiger partial charge in [0.2, 0.25) is 5.75 Å². The number of hydrogen-bond donors (Lipinski definition) is 0. The average molecular weight is 296 g/mol. The molecule has 0 fully saturated rings. The lowest BCUT2D eigenvalue weighted by molar-refractivity contribution is 0.0524. The molecular formula is C15H20O6. The lowest BCUT2D eigenvalue weighted by Gasteiger charge is -2.22. The molecule has 0 spiro atoms. The zero-order chi connectivity index (χ0) is 15.1. The lowest BCUT2D eigenvalue weighted by Crippen LogP contribution is -2.17. The molecule has 2 rings (SSSR count). The van der Waals surface area contributed by atoms with Crippen molar-refractivity contribution in [2.45, 2.75) is 13.3 Å². The molecular weight excluding hydrogens is 276 g/mol. The van der Waals surface area contributed by atoms with Gasteiger partial charge in [-0.3, -0.25) is 0 Å². The quantitative estimate of drug-likeness (QED) is 0.567. The Labute approximate surface area is 123 Å². The summed E-state index contributed by atoms with van der Waals surface area (Å²) in [6.07, 6.45) is 0.746. The molecule has 1 aromatic rings. The van der Waals surface area contributed by atoms with E-state index >= 15 is 0 Å². The fourth-order valence-corrected chi connectivity index (χ4v) is 1.95. The Bertz CT molecular complexity index is 485. The van der Waals surface area contributed by atoms with Crippen molar-refractivity contribution < 1.29 is 28.5 Å². The van der Waals surface area contributed by atoms with Crippen LogP contribution in [0.5, 0.6) is 17.2 Å². The highest BCUT2D eigenvalue weighted by atomic mass is 16.6. The van der Waals surface area contributed by atoms with Crippen LogP contribution < -0.4 is 14.2 Å². The van der Waals surface area contributed by atoms with Crippen molar-refractivity contribution >= 4 is 5.97 Å². The highest BCUT2D eigenvalue weighted by Crippen LogP contribution is 2.40. The van der Waals surface area contributed by atoms with Gasteiger partial charge in [-0.15, -0.1) is 0 Å². The first-order valence-corrected chi connectivity index (χ1v) is 6.98. The Hall–Kier alpha value is -1.95. The maximum atomic E-state index is 11.9. The summed E-state index contributed by atoms with van der Waals surface area (Å²) in [7, 11) is 1.64. The van der Waals surface area contributed by atoms with Gasteiger partial charge < -0.3 is 23.7 Å². The number of fused-ring (bicyclic) bond motifs is 1. The van der Waals surface area contributed by atoms with Gasteiger partial charge in [0, 0.05) is 20.1 Å². The lowest BCUT2D eigenvalue weighted by atomic mass is 10.1. The number of carbonyl (C=O) groups excluding carboxylic acids is 1. The van der Waals surface area contributed by atoms with Crippen molar-refractivity contribution in [1.82, 2.24) is 0 Å². The third-order valence-electron chi connectivity index (χ3n) is 2.87. The molecule has 1 heterocycles. The summed E-state index contributed by atoms with van der Waals surface area (Å²) in [5.41, 5.74) is 0.392. The second kappa shape index (κ2) is 7.73. The standard InChI is InChI=1S/C15H20O6/c1-3-18-15(16)11-9-12(19-6-4-5-17-2)14-13(10-11)20-7-8-21-14/h9-10H,3-8H2,1-2H3. The zero-order valence-electron chi connectivity index (χ0n) is 12.3. The maximum absolute atomic E-state index is 11.9. The monoisotopic (exact) mass is 296 g/mol. The van der Waals surface area contributed by atoms with E-state index in [0.717, 1.165) is 6.42 Å². The van der Waals surface area contributed by atoms with E-state index in [0.29, 0.717) is 55.8 Å². The second-order valence-corrected chi connectivity index (χ2v) is 4.41. The van der Waals surface area contributed by atoms with Crippen molar-refractivity contribution in [2.24, 2.45) is 0 Å². The summed E-state index contributed by atoms with van der Waals surface area (Å²) in [4.78, 5) is 11.9. The number of esters is 1. The molecule has 116 valence electrons. The van der Waals surface area contributed by atoms with Crippen molar-refractivity contribution in [2.75, 3.05) is 40.1 Å². The van der Waals surface area contributed by atoms with Gasteiger partial charge in [0.05, 0.1) is 18.8 Å². The molecule has 0 unspecified atom stereocenters. The Morgan fingerprint density at radius 1 is 1.24 bits per heavy atom. The first-order valence-electron chi connectivity index (χ1n) is 6.98. The fraction of sp³-hybridized carbons (Fsp3) is 0.533. The molecule has 0 saturated carbocycles. The summed E-state index contributed by atoms with van der Waals surface area (Å²) in [6.45, 7) is 4.06. The summed E-state index contributed by atoms with van der Waals surface area (Å²) in [5, 5.41) is 0. The van der Waals surface area contributed by atoms with E-state index in [1.165, 1.54) is 0 Å². The maximum Gasteiger partial charge on any atom is 0.338 e. The van der Waals surface area contributed by atoms with E-state index in [4.69, 9.17) is 23.7 Å². The number of methoxy groups -OCH3 is 1. The van der Waals surface area contributed by atoms with Gasteiger partial charge in [0.25, 0.3) is 0 Å². The number of ether oxygens (including phenoxy) is 5. The molecule has 0 aliphatic carbocycles. The van der Waals surface area contributed by atoms with E-state index < -0.39 is 5.97 Å². The number of hydrogen-bond acceptors (Lipinski definition) is 6. The van der Waals surface area contributed by atoms with Gasteiger partial charge in [-0.2, -0.15) is 0 Å². The van der Waals surface area contributed by atoms with Gasteiger partial charge in [-0.05, 0) is 19.1 Å². The first-order chi connectivity index (χ1) is 10.3. The van der Waals surface area contributed by atoms with E-state index in [2.05, 4.69) is 0 Å². The molecule has 0 N–H and O–H groups in total. The van der Waals surface area contributed by atoms with Crippen LogP contribution in [-0.4, -0.2) is 46.1 Å². The molecule has 0 atom stereocenters. The van der Waals surface area contributed by atoms with Crippen LogP contribution in [0.25, 0.3) is 0 Å². The smallest absolute Gasteiger partial charge is 0.338 e. The van der Waals surface area contributed by atoms with E-state index in [9.17, 15) is 4.79 Å². The molecule has 6 heteroatoms. The van der Waals surface area contributed by atoms with E-state index in [1.54, 1.807) is 26.2 Å². The molecule has 0 amide bonds. The van der Waals surface area contributed by atoms with Crippen LogP contribution in [0.2, 0.25) is 0 Å². The minimum absolute atomic E-state index is 0.317. The Morgan fingerprint density at radius 2 is 2.05 bits per heavy atom. The summed E-state index contributed by atoms with van der Waals surface area (Å²) in [6, 6.07) is 3.24. The van der Waals surface area contributed by atoms with Crippen LogP contribution in [0.4, 0.5) is 0 Å². The van der Waals surface area contributed by atoms with Crippen molar-refractivity contribution in [3.63, 3.8) is 0 Å². The van der Waals surface area contributed by atoms with Crippen LogP contribution in [0, 0.1) is 0 Å². The highest BCUT2D eigenvalue weighted by Gasteiger charge is 2.21. The van der Waals surface area contributed by atoms with Gasteiger partial charge >= 0.3 is 5.97 Å². The third kappa shape index (κ3) is 4.01. The van der Waals surface area contributed by atoms with Crippen LogP contribution in [0.3, 0.4) is 0 Å². The Morgan fingerprint density at radius 3 is 2.81 bits per heavy atom. The zero-order valence-corrected chi connectivity index (χ0v) is 12.3. The largest absolute Gasteiger partial charge is 0.489 e. The molecule has 1 aliphatic heterocycles. The van der Waals surface area contributed by atoms with Crippen LogP contribution in [0.15, 0.2) is 12.1 Å². The number of rotatable bonds is 7. The van der Waals surface area contributed by atoms with Crippen molar-refractivity contribution in [3.05, 3.63) is 17.7 Å². The molecule has 0 bridgehead atoms. The van der Waals surface area contributed by atoms with Gasteiger partial charge in [-0.1, -0.05) is 0 Å². The number of carbonyl (C=O) groups is 1. The highest BCUT2D eigenvalue weighted by molar-refractivity contribution is 5.91. The molecule has 1 aliphatic rings. The summed E-state index contributed by atoms with van der Waals surface area (Å²) >= 11 is 0. The number of benzene rings is 1. The Balaban J connectivity index is 2.19. The molecule has 21 heavy (non-hydrogen) atoms. The minimum atomic E-state index is -0.406. The van der Waals surface area contributed by atoms with Gasteiger partial charge in [0.15, 0.2) is 11.5 Å². The van der Waals surface area contributed by atoms with Crippen LogP contribution in [0.1, 0.15) is 23.7 Å². The van der Waals surface area contributed by atoms with Gasteiger partial charge in [0.1, 0.15) is 13.2 Å². The molecule has 1 aromatic carbocycles. The first kappa shape index (κ1) is 15.4. The van der Waals surface area contributed by atoms with Crippen molar-refractivity contribution in [1.29, 1.82) is 0 Å². The predicted octanol–water partition coefficient (Wildman–Crippen LogP) is 2.05. The minimum Gasteiger partial charge on any atom is -0.489 e. The topological polar surface area (TPSA) is 63.2 Å². The second-order valence-electron chi connectivity index (χ2n) is 4.41. The predicted molar refractivity (Wildman–Crippen MR) is 75.4 cm³/mol. The average Bonchev–Trinajstić information content (AvgIpc) is 2.51. The fourth-order valence-electron chi connectivity index (χ4n) is 1.95. The molecule has 0 saturated heterocycles.